The molecule has 0 amide bonds. The molecule has 0 radical (unpaired) electrons. The summed E-state index contributed by atoms with van der Waals surface area (Å²) in [6.45, 7) is 11.4. The van der Waals surface area contributed by atoms with Crippen molar-refractivity contribution in [1.82, 2.24) is 0 Å². The van der Waals surface area contributed by atoms with Crippen LogP contribution in [-0.4, -0.2) is 37.2 Å². The second-order valence-corrected chi connectivity index (χ2v) is 18.8. The first-order valence-corrected chi connectivity index (χ1v) is 25.7. The molecule has 6 nitrogen and oxygen atoms in total. The van der Waals surface area contributed by atoms with Gasteiger partial charge >= 0.3 is 17.9 Å². The Balaban J connectivity index is 4.25. The van der Waals surface area contributed by atoms with Crippen LogP contribution in [0.15, 0.2) is 0 Å². The highest BCUT2D eigenvalue weighted by Gasteiger charge is 2.19. The molecule has 0 spiro atoms. The van der Waals surface area contributed by atoms with Crippen LogP contribution in [0.5, 0.6) is 0 Å². The number of carbonyl (C=O) groups is 3. The molecule has 344 valence electrons. The Morgan fingerprint density at radius 2 is 0.569 bits per heavy atom. The lowest BCUT2D eigenvalue weighted by Crippen LogP contribution is -2.30. The maximum atomic E-state index is 12.8. The molecule has 0 aliphatic carbocycles. The Kier molecular flexibility index (Phi) is 43.7. The Labute approximate surface area is 361 Å². The first-order chi connectivity index (χ1) is 28.2. The fourth-order valence-electron chi connectivity index (χ4n) is 7.81. The number of carbonyl (C=O) groups excluding carboxylic acids is 3. The fraction of sp³-hybridized carbons (Fsp3) is 0.942. The zero-order chi connectivity index (χ0) is 42.6. The Bertz CT molecular complexity index is 885. The molecule has 0 aromatic carbocycles. The molecule has 0 N–H and O–H groups in total. The molecular weight excluding hydrogens is 721 g/mol. The molecule has 1 atom stereocenters. The third kappa shape index (κ3) is 45.5. The summed E-state index contributed by atoms with van der Waals surface area (Å²) < 4.78 is 16.8. The van der Waals surface area contributed by atoms with Gasteiger partial charge in [0, 0.05) is 19.3 Å². The van der Waals surface area contributed by atoms with Crippen molar-refractivity contribution in [2.45, 2.75) is 291 Å². The number of hydrogen-bond donors (Lipinski definition) is 0. The quantitative estimate of drug-likeness (QED) is 0.0346. The molecule has 0 rings (SSSR count). The summed E-state index contributed by atoms with van der Waals surface area (Å²) in [6, 6.07) is 0. The highest BCUT2D eigenvalue weighted by atomic mass is 16.6. The highest BCUT2D eigenvalue weighted by Crippen LogP contribution is 2.17. The fourth-order valence-corrected chi connectivity index (χ4v) is 7.81. The number of ether oxygens (including phenoxy) is 3. The van der Waals surface area contributed by atoms with E-state index in [-0.39, 0.29) is 31.1 Å². The van der Waals surface area contributed by atoms with E-state index in [1.807, 2.05) is 0 Å². The average molecular weight is 821 g/mol. The van der Waals surface area contributed by atoms with E-state index in [2.05, 4.69) is 34.6 Å². The van der Waals surface area contributed by atoms with Gasteiger partial charge in [0.1, 0.15) is 13.2 Å². The van der Waals surface area contributed by atoms with Crippen LogP contribution in [0, 0.1) is 11.8 Å². The Morgan fingerprint density at radius 1 is 0.328 bits per heavy atom. The van der Waals surface area contributed by atoms with Crippen LogP contribution in [0.1, 0.15) is 285 Å². The minimum atomic E-state index is -0.761. The summed E-state index contributed by atoms with van der Waals surface area (Å²) in [5.74, 6) is 0.815. The van der Waals surface area contributed by atoms with Gasteiger partial charge in [-0.3, -0.25) is 14.4 Å². The van der Waals surface area contributed by atoms with Crippen molar-refractivity contribution in [1.29, 1.82) is 0 Å². The van der Waals surface area contributed by atoms with Gasteiger partial charge in [-0.05, 0) is 31.1 Å². The molecular formula is C52H100O6. The van der Waals surface area contributed by atoms with Crippen LogP contribution in [0.4, 0.5) is 0 Å². The van der Waals surface area contributed by atoms with Crippen molar-refractivity contribution in [3.05, 3.63) is 0 Å². The zero-order valence-corrected chi connectivity index (χ0v) is 39.7. The molecule has 58 heavy (non-hydrogen) atoms. The lowest BCUT2D eigenvalue weighted by atomic mass is 10.0. The predicted molar refractivity (Wildman–Crippen MR) is 247 cm³/mol. The largest absolute Gasteiger partial charge is 0.462 e. The maximum Gasteiger partial charge on any atom is 0.306 e. The molecule has 0 aromatic heterocycles. The predicted octanol–water partition coefficient (Wildman–Crippen LogP) is 16.5. The van der Waals surface area contributed by atoms with Gasteiger partial charge in [-0.25, -0.2) is 0 Å². The summed E-state index contributed by atoms with van der Waals surface area (Å²) in [5.41, 5.74) is 0. The Morgan fingerprint density at radius 3 is 0.845 bits per heavy atom. The van der Waals surface area contributed by atoms with Crippen molar-refractivity contribution < 1.29 is 28.6 Å². The topological polar surface area (TPSA) is 78.9 Å². The van der Waals surface area contributed by atoms with E-state index in [4.69, 9.17) is 14.2 Å². The number of hydrogen-bond acceptors (Lipinski definition) is 6. The van der Waals surface area contributed by atoms with Gasteiger partial charge in [0.2, 0.25) is 0 Å². The molecule has 0 fully saturated rings. The lowest BCUT2D eigenvalue weighted by molar-refractivity contribution is -0.167. The van der Waals surface area contributed by atoms with E-state index < -0.39 is 6.10 Å². The van der Waals surface area contributed by atoms with Crippen molar-refractivity contribution in [2.24, 2.45) is 11.8 Å². The summed E-state index contributed by atoms with van der Waals surface area (Å²) in [4.78, 5) is 37.8. The molecule has 0 aliphatic heterocycles. The van der Waals surface area contributed by atoms with Gasteiger partial charge < -0.3 is 14.2 Å². The summed E-state index contributed by atoms with van der Waals surface area (Å²) in [6.07, 6.45) is 45.2. The van der Waals surface area contributed by atoms with Crippen LogP contribution >= 0.6 is 0 Å². The lowest BCUT2D eigenvalue weighted by Gasteiger charge is -2.18. The van der Waals surface area contributed by atoms with Crippen LogP contribution in [0.25, 0.3) is 0 Å². The van der Waals surface area contributed by atoms with Crippen LogP contribution in [0.2, 0.25) is 0 Å². The molecule has 0 heterocycles. The van der Waals surface area contributed by atoms with Gasteiger partial charge in [-0.2, -0.15) is 0 Å². The van der Waals surface area contributed by atoms with E-state index in [0.717, 1.165) is 69.6 Å². The molecule has 0 bridgehead atoms. The molecule has 6 heteroatoms. The summed E-state index contributed by atoms with van der Waals surface area (Å²) >= 11 is 0. The third-order valence-corrected chi connectivity index (χ3v) is 11.7. The SMILES string of the molecule is CCCCCCCCCCCC(=O)OC[C@H](COC(=O)CCCCCCCCCCCCC(C)C)OC(=O)CCCCCCCCCCCCCCCCCC(C)C. The van der Waals surface area contributed by atoms with E-state index >= 15 is 0 Å². The monoisotopic (exact) mass is 821 g/mol. The third-order valence-electron chi connectivity index (χ3n) is 11.7. The van der Waals surface area contributed by atoms with E-state index in [1.54, 1.807) is 0 Å². The second-order valence-electron chi connectivity index (χ2n) is 18.8. The van der Waals surface area contributed by atoms with Crippen molar-refractivity contribution >= 4 is 17.9 Å². The van der Waals surface area contributed by atoms with Crippen molar-refractivity contribution in [3.8, 4) is 0 Å². The van der Waals surface area contributed by atoms with Gasteiger partial charge in [0.05, 0.1) is 0 Å². The summed E-state index contributed by atoms with van der Waals surface area (Å²) in [7, 11) is 0. The molecule has 0 unspecified atom stereocenters. The maximum absolute atomic E-state index is 12.8. The second kappa shape index (κ2) is 44.9. The normalized spacial score (nSPS) is 12.1. The highest BCUT2D eigenvalue weighted by molar-refractivity contribution is 5.71. The van der Waals surface area contributed by atoms with Crippen LogP contribution < -0.4 is 0 Å². The van der Waals surface area contributed by atoms with Gasteiger partial charge in [-0.1, -0.05) is 247 Å². The zero-order valence-electron chi connectivity index (χ0n) is 39.7. The average Bonchev–Trinajstić information content (AvgIpc) is 3.19. The smallest absolute Gasteiger partial charge is 0.306 e. The van der Waals surface area contributed by atoms with Crippen LogP contribution in [-0.2, 0) is 28.6 Å². The van der Waals surface area contributed by atoms with Crippen molar-refractivity contribution in [3.63, 3.8) is 0 Å². The minimum absolute atomic E-state index is 0.0640. The van der Waals surface area contributed by atoms with E-state index in [9.17, 15) is 14.4 Å². The van der Waals surface area contributed by atoms with Gasteiger partial charge in [0.15, 0.2) is 6.10 Å². The van der Waals surface area contributed by atoms with Crippen LogP contribution in [0.3, 0.4) is 0 Å². The first-order valence-electron chi connectivity index (χ1n) is 25.7. The summed E-state index contributed by atoms with van der Waals surface area (Å²) in [5, 5.41) is 0. The standard InChI is InChI=1S/C52H100O6/c1-6-7-8-9-10-20-27-32-37-42-50(53)56-45-49(46-57-51(54)43-38-33-28-23-19-18-22-26-31-36-41-48(4)5)58-52(55)44-39-34-29-24-17-15-13-11-12-14-16-21-25-30-35-40-47(2)3/h47-49H,6-46H2,1-5H3/t49-/m1/s1. The number of unbranched alkanes of at least 4 members (excludes halogenated alkanes) is 31. The van der Waals surface area contributed by atoms with Gasteiger partial charge in [-0.15, -0.1) is 0 Å². The van der Waals surface area contributed by atoms with E-state index in [1.165, 1.54) is 173 Å². The minimum Gasteiger partial charge on any atom is -0.462 e. The number of rotatable bonds is 46. The molecule has 0 aliphatic rings. The molecule has 0 saturated heterocycles. The molecule has 0 aromatic rings. The van der Waals surface area contributed by atoms with Gasteiger partial charge in [0.25, 0.3) is 0 Å². The van der Waals surface area contributed by atoms with E-state index in [0.29, 0.717) is 19.3 Å². The first kappa shape index (κ1) is 56.4. The Hall–Kier alpha value is -1.59. The van der Waals surface area contributed by atoms with Crippen molar-refractivity contribution in [2.75, 3.05) is 13.2 Å². The number of esters is 3. The molecule has 0 saturated carbocycles.